The number of aliphatic hydroxyl groups is 4. The standard InChI is InChI=1S/C23H36FN3O7/c1-12-10-22(30,11-27-9-8-13-4-6-14(24)7-5-13)23(31)21(32-12)33-20-18(29)15(25-2)17(28)16(26-3)19(20)34-23/h4-7,12,15-21,25-31H,8-11H2,1-3H3/t12-,15-,16+,17+,18+,19-,20-,21+,22-,23-/m1/s1. The zero-order chi connectivity index (χ0) is 24.7. The van der Waals surface area contributed by atoms with Gasteiger partial charge >= 0.3 is 0 Å². The van der Waals surface area contributed by atoms with Gasteiger partial charge in [-0.2, -0.15) is 0 Å². The average molecular weight is 486 g/mol. The van der Waals surface area contributed by atoms with Gasteiger partial charge in [-0.3, -0.25) is 0 Å². The summed E-state index contributed by atoms with van der Waals surface area (Å²) in [5, 5.41) is 53.8. The molecule has 0 aromatic heterocycles. The minimum atomic E-state index is -2.25. The Hall–Kier alpha value is -1.25. The Labute approximate surface area is 198 Å². The van der Waals surface area contributed by atoms with Crippen LogP contribution in [0, 0.1) is 5.82 Å². The highest BCUT2D eigenvalue weighted by Gasteiger charge is 2.68. The molecular formula is C23H36FN3O7. The lowest BCUT2D eigenvalue weighted by atomic mass is 9.77. The molecule has 4 rings (SSSR count). The van der Waals surface area contributed by atoms with Gasteiger partial charge in [0, 0.05) is 13.0 Å². The fraction of sp³-hybridized carbons (Fsp3) is 0.739. The maximum atomic E-state index is 13.1. The van der Waals surface area contributed by atoms with Crippen LogP contribution in [0.3, 0.4) is 0 Å². The first-order valence-electron chi connectivity index (χ1n) is 11.7. The van der Waals surface area contributed by atoms with Crippen molar-refractivity contribution in [2.24, 2.45) is 0 Å². The molecule has 192 valence electrons. The van der Waals surface area contributed by atoms with Crippen molar-refractivity contribution < 1.29 is 39.0 Å². The molecule has 34 heavy (non-hydrogen) atoms. The van der Waals surface area contributed by atoms with E-state index in [1.807, 2.05) is 0 Å². The first-order valence-corrected chi connectivity index (χ1v) is 11.7. The topological polar surface area (TPSA) is 145 Å². The summed E-state index contributed by atoms with van der Waals surface area (Å²) in [5.74, 6) is -2.55. The van der Waals surface area contributed by atoms with Crippen LogP contribution in [0.4, 0.5) is 4.39 Å². The molecular weight excluding hydrogens is 449 g/mol. The van der Waals surface area contributed by atoms with E-state index in [1.165, 1.54) is 12.1 Å². The molecule has 2 saturated heterocycles. The van der Waals surface area contributed by atoms with Gasteiger partial charge in [-0.05, 0) is 51.7 Å². The minimum Gasteiger partial charge on any atom is -0.390 e. The number of aliphatic hydroxyl groups excluding tert-OH is 2. The van der Waals surface area contributed by atoms with Crippen molar-refractivity contribution in [2.45, 2.75) is 80.0 Å². The Morgan fingerprint density at radius 2 is 1.68 bits per heavy atom. The van der Waals surface area contributed by atoms with Gasteiger partial charge in [-0.1, -0.05) is 12.1 Å². The summed E-state index contributed by atoms with van der Waals surface area (Å²) in [6, 6.07) is 4.79. The van der Waals surface area contributed by atoms with E-state index in [-0.39, 0.29) is 18.8 Å². The van der Waals surface area contributed by atoms with Crippen LogP contribution < -0.4 is 16.0 Å². The number of fused-ring (bicyclic) bond motifs is 2. The molecule has 0 unspecified atom stereocenters. The molecule has 2 heterocycles. The van der Waals surface area contributed by atoms with Crippen molar-refractivity contribution in [3.05, 3.63) is 35.6 Å². The Balaban J connectivity index is 1.50. The molecule has 0 radical (unpaired) electrons. The van der Waals surface area contributed by atoms with E-state index in [2.05, 4.69) is 16.0 Å². The predicted octanol–water partition coefficient (Wildman–Crippen LogP) is -1.79. The number of halogens is 1. The first-order chi connectivity index (χ1) is 16.1. The molecule has 0 spiro atoms. The molecule has 7 N–H and O–H groups in total. The van der Waals surface area contributed by atoms with Crippen molar-refractivity contribution in [1.82, 2.24) is 16.0 Å². The highest BCUT2D eigenvalue weighted by atomic mass is 19.1. The first kappa shape index (κ1) is 25.8. The fourth-order valence-electron chi connectivity index (χ4n) is 5.41. The van der Waals surface area contributed by atoms with Crippen LogP contribution in [-0.4, -0.2) is 108 Å². The zero-order valence-corrected chi connectivity index (χ0v) is 19.6. The van der Waals surface area contributed by atoms with E-state index in [0.29, 0.717) is 13.0 Å². The lowest BCUT2D eigenvalue weighted by molar-refractivity contribution is -0.482. The third-order valence-corrected chi connectivity index (χ3v) is 7.27. The summed E-state index contributed by atoms with van der Waals surface area (Å²) in [4.78, 5) is 0. The number of rotatable bonds is 7. The number of nitrogens with one attached hydrogen (secondary N) is 3. The number of ether oxygens (including phenoxy) is 3. The van der Waals surface area contributed by atoms with Gasteiger partial charge in [0.25, 0.3) is 0 Å². The summed E-state index contributed by atoms with van der Waals surface area (Å²) >= 11 is 0. The normalized spacial score (nSPS) is 44.4. The number of hydrogen-bond acceptors (Lipinski definition) is 10. The molecule has 1 saturated carbocycles. The van der Waals surface area contributed by atoms with Crippen LogP contribution in [0.5, 0.6) is 0 Å². The van der Waals surface area contributed by atoms with E-state index < -0.39 is 60.3 Å². The Bertz CT molecular complexity index is 835. The molecule has 10 atom stereocenters. The van der Waals surface area contributed by atoms with Gasteiger partial charge in [0.05, 0.1) is 24.3 Å². The zero-order valence-electron chi connectivity index (χ0n) is 19.6. The van der Waals surface area contributed by atoms with Crippen molar-refractivity contribution >= 4 is 0 Å². The molecule has 3 aliphatic rings. The minimum absolute atomic E-state index is 0.0237. The second-order valence-electron chi connectivity index (χ2n) is 9.56. The quantitative estimate of drug-likeness (QED) is 0.221. The van der Waals surface area contributed by atoms with Crippen LogP contribution in [-0.2, 0) is 20.6 Å². The van der Waals surface area contributed by atoms with Gasteiger partial charge < -0.3 is 50.6 Å². The molecule has 10 nitrogen and oxygen atoms in total. The SMILES string of the molecule is CN[C@@H]1[C@H](O)[C@H](NC)[C@H]2O[C@]3(O)[C@H](O[C@@H]2[C@H]1O)O[C@H](C)C[C@@]3(O)CNCCc1ccc(F)cc1. The molecule has 1 aromatic rings. The number of hydrogen-bond donors (Lipinski definition) is 7. The van der Waals surface area contributed by atoms with Crippen LogP contribution in [0.15, 0.2) is 24.3 Å². The number of benzene rings is 1. The maximum absolute atomic E-state index is 13.1. The fourth-order valence-corrected chi connectivity index (χ4v) is 5.41. The van der Waals surface area contributed by atoms with Crippen LogP contribution in [0.1, 0.15) is 18.9 Å². The van der Waals surface area contributed by atoms with Gasteiger partial charge in [0.1, 0.15) is 29.7 Å². The molecule has 0 amide bonds. The van der Waals surface area contributed by atoms with Gasteiger partial charge in [0.15, 0.2) is 0 Å². The average Bonchev–Trinajstić information content (AvgIpc) is 2.79. The molecule has 1 aromatic carbocycles. The van der Waals surface area contributed by atoms with Gasteiger partial charge in [-0.25, -0.2) is 4.39 Å². The highest BCUT2D eigenvalue weighted by Crippen LogP contribution is 2.46. The van der Waals surface area contributed by atoms with Crippen LogP contribution in [0.25, 0.3) is 0 Å². The number of likely N-dealkylation sites (N-methyl/N-ethyl adjacent to an activating group) is 2. The Morgan fingerprint density at radius 3 is 2.32 bits per heavy atom. The summed E-state index contributed by atoms with van der Waals surface area (Å²) < 4.78 is 31.0. The highest BCUT2D eigenvalue weighted by molar-refractivity contribution is 5.16. The van der Waals surface area contributed by atoms with Crippen molar-refractivity contribution in [3.8, 4) is 0 Å². The molecule has 3 fully saturated rings. The van der Waals surface area contributed by atoms with E-state index >= 15 is 0 Å². The van der Waals surface area contributed by atoms with E-state index in [4.69, 9.17) is 14.2 Å². The Morgan fingerprint density at radius 1 is 1.00 bits per heavy atom. The summed E-state index contributed by atoms with van der Waals surface area (Å²) in [5.41, 5.74) is -0.851. The lowest BCUT2D eigenvalue weighted by Crippen LogP contribution is -2.81. The second-order valence-corrected chi connectivity index (χ2v) is 9.56. The lowest BCUT2D eigenvalue weighted by Gasteiger charge is -2.60. The smallest absolute Gasteiger partial charge is 0.249 e. The van der Waals surface area contributed by atoms with Crippen molar-refractivity contribution in [2.75, 3.05) is 27.2 Å². The van der Waals surface area contributed by atoms with E-state index in [9.17, 15) is 24.8 Å². The third-order valence-electron chi connectivity index (χ3n) is 7.27. The predicted molar refractivity (Wildman–Crippen MR) is 119 cm³/mol. The monoisotopic (exact) mass is 485 g/mol. The molecule has 1 aliphatic carbocycles. The summed E-state index contributed by atoms with van der Waals surface area (Å²) in [7, 11) is 3.26. The third kappa shape index (κ3) is 4.50. The Kier molecular flexibility index (Phi) is 7.61. The maximum Gasteiger partial charge on any atom is 0.249 e. The van der Waals surface area contributed by atoms with Gasteiger partial charge in [0.2, 0.25) is 12.1 Å². The van der Waals surface area contributed by atoms with E-state index in [1.54, 1.807) is 33.2 Å². The molecule has 0 bridgehead atoms. The van der Waals surface area contributed by atoms with Crippen molar-refractivity contribution in [3.63, 3.8) is 0 Å². The molecule has 11 heteroatoms. The van der Waals surface area contributed by atoms with Crippen LogP contribution >= 0.6 is 0 Å². The largest absolute Gasteiger partial charge is 0.390 e. The summed E-state index contributed by atoms with van der Waals surface area (Å²) in [6.45, 7) is 2.20. The van der Waals surface area contributed by atoms with Gasteiger partial charge in [-0.15, -0.1) is 0 Å². The van der Waals surface area contributed by atoms with E-state index in [0.717, 1.165) is 5.56 Å². The summed E-state index contributed by atoms with van der Waals surface area (Å²) in [6.07, 6.45) is -5.19. The second kappa shape index (κ2) is 10.0. The molecule has 2 aliphatic heterocycles. The van der Waals surface area contributed by atoms with Crippen LogP contribution in [0.2, 0.25) is 0 Å². The van der Waals surface area contributed by atoms with Crippen molar-refractivity contribution in [1.29, 1.82) is 0 Å².